The van der Waals surface area contributed by atoms with E-state index in [1.807, 2.05) is 18.2 Å². The predicted octanol–water partition coefficient (Wildman–Crippen LogP) is 5.96. The quantitative estimate of drug-likeness (QED) is 0.458. The molecule has 4 heteroatoms. The molecular formula is C29H33NO3. The van der Waals surface area contributed by atoms with Crippen molar-refractivity contribution in [1.82, 2.24) is 4.90 Å². The zero-order chi connectivity index (χ0) is 22.5. The van der Waals surface area contributed by atoms with Gasteiger partial charge in [-0.25, -0.2) is 0 Å². The summed E-state index contributed by atoms with van der Waals surface area (Å²) in [6.07, 6.45) is 5.10. The lowest BCUT2D eigenvalue weighted by Crippen LogP contribution is -2.31. The number of aromatic hydroxyl groups is 1. The highest BCUT2D eigenvalue weighted by Gasteiger charge is 2.33. The number of phenolic OH excluding ortho intramolecular Hbond substituents is 1. The van der Waals surface area contributed by atoms with Crippen molar-refractivity contribution in [1.29, 1.82) is 0 Å². The van der Waals surface area contributed by atoms with Gasteiger partial charge in [0, 0.05) is 23.9 Å². The van der Waals surface area contributed by atoms with Crippen molar-refractivity contribution in [3.05, 3.63) is 89.5 Å². The van der Waals surface area contributed by atoms with Crippen LogP contribution >= 0.6 is 0 Å². The Hall–Kier alpha value is -2.98. The Balaban J connectivity index is 1.31. The highest BCUT2D eigenvalue weighted by atomic mass is 16.5. The molecule has 0 aliphatic carbocycles. The minimum Gasteiger partial charge on any atom is -0.508 e. The van der Waals surface area contributed by atoms with E-state index in [-0.39, 0.29) is 17.6 Å². The van der Waals surface area contributed by atoms with Gasteiger partial charge in [-0.05, 0) is 73.8 Å². The number of ether oxygens (including phenoxy) is 2. The minimum absolute atomic E-state index is 0.108. The molecule has 2 aliphatic rings. The van der Waals surface area contributed by atoms with Crippen LogP contribution in [0, 0.1) is 0 Å². The molecule has 0 radical (unpaired) electrons. The fraction of sp³-hybridized carbons (Fsp3) is 0.379. The Morgan fingerprint density at radius 2 is 1.67 bits per heavy atom. The first kappa shape index (κ1) is 21.8. The number of likely N-dealkylation sites (tertiary alicyclic amines) is 1. The molecule has 172 valence electrons. The second kappa shape index (κ2) is 10.3. The van der Waals surface area contributed by atoms with Crippen LogP contribution in [0.4, 0.5) is 0 Å². The molecule has 0 saturated carbocycles. The monoisotopic (exact) mass is 443 g/mol. The molecule has 2 aliphatic heterocycles. The summed E-state index contributed by atoms with van der Waals surface area (Å²) >= 11 is 0. The summed E-state index contributed by atoms with van der Waals surface area (Å²) in [5, 5.41) is 10.2. The molecule has 33 heavy (non-hydrogen) atoms. The number of fused-ring (bicyclic) bond motifs is 1. The number of nitrogens with zero attached hydrogens (tertiary/aromatic N) is 1. The summed E-state index contributed by atoms with van der Waals surface area (Å²) in [6, 6.07) is 24.4. The van der Waals surface area contributed by atoms with Gasteiger partial charge in [-0.3, -0.25) is 0 Å². The first-order valence-electron chi connectivity index (χ1n) is 12.2. The Morgan fingerprint density at radius 1 is 0.879 bits per heavy atom. The van der Waals surface area contributed by atoms with E-state index in [2.05, 4.69) is 53.4 Å². The Morgan fingerprint density at radius 3 is 2.45 bits per heavy atom. The first-order chi connectivity index (χ1) is 16.3. The summed E-state index contributed by atoms with van der Waals surface area (Å²) in [6.45, 7) is 4.95. The van der Waals surface area contributed by atoms with Crippen molar-refractivity contribution in [2.24, 2.45) is 0 Å². The van der Waals surface area contributed by atoms with Crippen LogP contribution in [0.5, 0.6) is 17.2 Å². The zero-order valence-corrected chi connectivity index (χ0v) is 19.2. The zero-order valence-electron chi connectivity index (χ0n) is 19.2. The van der Waals surface area contributed by atoms with Gasteiger partial charge in [0.1, 0.15) is 17.2 Å². The fourth-order valence-corrected chi connectivity index (χ4v) is 5.24. The Labute approximate surface area is 196 Å². The van der Waals surface area contributed by atoms with Gasteiger partial charge in [0.2, 0.25) is 0 Å². The molecule has 5 rings (SSSR count). The van der Waals surface area contributed by atoms with Crippen molar-refractivity contribution < 1.29 is 14.6 Å². The summed E-state index contributed by atoms with van der Waals surface area (Å²) in [5.41, 5.74) is 3.49. The number of hydrogen-bond donors (Lipinski definition) is 1. The van der Waals surface area contributed by atoms with Crippen LogP contribution in [0.3, 0.4) is 0 Å². The Bertz CT molecular complexity index is 1030. The van der Waals surface area contributed by atoms with E-state index < -0.39 is 0 Å². The van der Waals surface area contributed by atoms with Crippen LogP contribution in [0.2, 0.25) is 0 Å². The van der Waals surface area contributed by atoms with Crippen molar-refractivity contribution in [3.8, 4) is 17.2 Å². The van der Waals surface area contributed by atoms with Crippen molar-refractivity contribution in [3.63, 3.8) is 0 Å². The molecule has 0 bridgehead atoms. The second-order valence-corrected chi connectivity index (χ2v) is 9.20. The molecule has 3 aromatic carbocycles. The summed E-state index contributed by atoms with van der Waals surface area (Å²) < 4.78 is 12.1. The molecule has 1 fully saturated rings. The van der Waals surface area contributed by atoms with Gasteiger partial charge < -0.3 is 19.5 Å². The second-order valence-electron chi connectivity index (χ2n) is 9.20. The van der Waals surface area contributed by atoms with E-state index in [1.54, 1.807) is 6.07 Å². The van der Waals surface area contributed by atoms with Crippen LogP contribution in [0.1, 0.15) is 54.2 Å². The van der Waals surface area contributed by atoms with Crippen LogP contribution in [0.15, 0.2) is 72.8 Å². The lowest BCUT2D eigenvalue weighted by Gasteiger charge is -2.34. The molecular weight excluding hydrogens is 410 g/mol. The third-order valence-corrected chi connectivity index (χ3v) is 6.95. The molecule has 2 heterocycles. The summed E-state index contributed by atoms with van der Waals surface area (Å²) in [7, 11) is 0. The standard InChI is InChI=1S/C29H33NO3/c31-24-12-15-28-26(20-24)29(27(21-33-28)22-8-3-1-4-9-22)23-10-13-25(14-11-23)32-19-7-18-30-16-5-2-6-17-30/h1,3-4,8-15,20,27,29,31H,2,5-7,16-19,21H2/t27-,29-/m0/s1. The molecule has 1 N–H and O–H groups in total. The van der Waals surface area contributed by atoms with E-state index in [1.165, 1.54) is 43.5 Å². The molecule has 0 spiro atoms. The lowest BCUT2D eigenvalue weighted by molar-refractivity contribution is 0.205. The molecule has 4 nitrogen and oxygen atoms in total. The van der Waals surface area contributed by atoms with Gasteiger partial charge in [-0.15, -0.1) is 0 Å². The highest BCUT2D eigenvalue weighted by Crippen LogP contribution is 2.47. The summed E-state index contributed by atoms with van der Waals surface area (Å²) in [4.78, 5) is 2.55. The van der Waals surface area contributed by atoms with Gasteiger partial charge in [0.25, 0.3) is 0 Å². The van der Waals surface area contributed by atoms with Crippen LogP contribution in [-0.4, -0.2) is 42.9 Å². The third kappa shape index (κ3) is 5.17. The number of rotatable bonds is 7. The fourth-order valence-electron chi connectivity index (χ4n) is 5.24. The average Bonchev–Trinajstić information content (AvgIpc) is 2.87. The number of benzene rings is 3. The molecule has 3 aromatic rings. The van der Waals surface area contributed by atoms with Crippen molar-refractivity contribution >= 4 is 0 Å². The largest absolute Gasteiger partial charge is 0.508 e. The van der Waals surface area contributed by atoms with Gasteiger partial charge >= 0.3 is 0 Å². The van der Waals surface area contributed by atoms with E-state index in [0.29, 0.717) is 6.61 Å². The van der Waals surface area contributed by atoms with Gasteiger partial charge in [-0.1, -0.05) is 48.9 Å². The average molecular weight is 444 g/mol. The predicted molar refractivity (Wildman–Crippen MR) is 131 cm³/mol. The summed E-state index contributed by atoms with van der Waals surface area (Å²) in [5.74, 6) is 2.32. The third-order valence-electron chi connectivity index (χ3n) is 6.95. The van der Waals surface area contributed by atoms with E-state index in [4.69, 9.17) is 9.47 Å². The minimum atomic E-state index is 0.108. The number of hydrogen-bond acceptors (Lipinski definition) is 4. The molecule has 1 saturated heterocycles. The lowest BCUT2D eigenvalue weighted by atomic mass is 9.76. The van der Waals surface area contributed by atoms with Crippen molar-refractivity contribution in [2.45, 2.75) is 37.5 Å². The normalized spacial score (nSPS) is 20.6. The SMILES string of the molecule is Oc1ccc2c(c1)[C@H](c1ccc(OCCCN3CCCCC3)cc1)[C@H](c1ccccc1)CO2. The topological polar surface area (TPSA) is 41.9 Å². The van der Waals surface area contributed by atoms with E-state index >= 15 is 0 Å². The number of piperidine rings is 1. The number of phenols is 1. The molecule has 0 unspecified atom stereocenters. The van der Waals surface area contributed by atoms with Crippen molar-refractivity contribution in [2.75, 3.05) is 32.8 Å². The van der Waals surface area contributed by atoms with E-state index in [9.17, 15) is 5.11 Å². The highest BCUT2D eigenvalue weighted by molar-refractivity contribution is 5.51. The van der Waals surface area contributed by atoms with E-state index in [0.717, 1.165) is 36.6 Å². The van der Waals surface area contributed by atoms with Crippen LogP contribution in [-0.2, 0) is 0 Å². The smallest absolute Gasteiger partial charge is 0.123 e. The maximum absolute atomic E-state index is 10.2. The van der Waals surface area contributed by atoms with Gasteiger partial charge in [-0.2, -0.15) is 0 Å². The van der Waals surface area contributed by atoms with Crippen LogP contribution in [0.25, 0.3) is 0 Å². The van der Waals surface area contributed by atoms with Crippen LogP contribution < -0.4 is 9.47 Å². The first-order valence-corrected chi connectivity index (χ1v) is 12.2. The molecule has 2 atom stereocenters. The maximum Gasteiger partial charge on any atom is 0.123 e. The maximum atomic E-state index is 10.2. The molecule has 0 aromatic heterocycles. The Kier molecular flexibility index (Phi) is 6.82. The van der Waals surface area contributed by atoms with Gasteiger partial charge in [0.05, 0.1) is 13.2 Å². The van der Waals surface area contributed by atoms with Gasteiger partial charge in [0.15, 0.2) is 0 Å². The molecule has 0 amide bonds.